The summed E-state index contributed by atoms with van der Waals surface area (Å²) in [4.78, 5) is 2.11. The van der Waals surface area contributed by atoms with Crippen LogP contribution in [-0.4, -0.2) is 14.2 Å². The lowest BCUT2D eigenvalue weighted by Gasteiger charge is -1.76. The van der Waals surface area contributed by atoms with Crippen molar-refractivity contribution in [2.75, 3.05) is 5.75 Å². The SMILES string of the molecule is [O]S(=O)(=O)CC#CBr. The van der Waals surface area contributed by atoms with Gasteiger partial charge in [-0.05, 0) is 4.83 Å². The van der Waals surface area contributed by atoms with E-state index in [1.165, 1.54) is 0 Å². The Balaban J connectivity index is 3.89. The molecule has 1 radical (unpaired) electrons. The zero-order chi connectivity index (χ0) is 6.62. The van der Waals surface area contributed by atoms with Crippen molar-refractivity contribution in [3.8, 4) is 10.8 Å². The average Bonchev–Trinajstić information content (AvgIpc) is 1.59. The molecule has 0 saturated heterocycles. The van der Waals surface area contributed by atoms with Crippen LogP contribution in [0.2, 0.25) is 0 Å². The van der Waals surface area contributed by atoms with Crippen LogP contribution in [0.3, 0.4) is 0 Å². The van der Waals surface area contributed by atoms with E-state index in [9.17, 15) is 13.0 Å². The van der Waals surface area contributed by atoms with Gasteiger partial charge in [0.1, 0.15) is 5.75 Å². The molecule has 0 aliphatic rings. The molecule has 0 aromatic heterocycles. The van der Waals surface area contributed by atoms with Gasteiger partial charge in [-0.15, -0.1) is 0 Å². The van der Waals surface area contributed by atoms with Crippen LogP contribution in [0.4, 0.5) is 0 Å². The second kappa shape index (κ2) is 3.07. The van der Waals surface area contributed by atoms with Crippen LogP contribution in [-0.2, 0) is 14.7 Å². The lowest BCUT2D eigenvalue weighted by atomic mass is 10.8. The zero-order valence-electron chi connectivity index (χ0n) is 3.72. The Morgan fingerprint density at radius 2 is 2.00 bits per heavy atom. The van der Waals surface area contributed by atoms with Gasteiger partial charge in [0, 0.05) is 15.9 Å². The third-order valence-corrected chi connectivity index (χ3v) is 1.09. The summed E-state index contributed by atoms with van der Waals surface area (Å²) in [6.45, 7) is 0. The van der Waals surface area contributed by atoms with E-state index in [4.69, 9.17) is 0 Å². The molecule has 0 amide bonds. The van der Waals surface area contributed by atoms with E-state index in [-0.39, 0.29) is 0 Å². The normalized spacial score (nSPS) is 9.75. The predicted octanol–water partition coefficient (Wildman–Crippen LogP) is 0.103. The summed E-state index contributed by atoms with van der Waals surface area (Å²) in [5.74, 6) is 1.43. The van der Waals surface area contributed by atoms with E-state index in [2.05, 4.69) is 26.7 Å². The van der Waals surface area contributed by atoms with Gasteiger partial charge in [0.05, 0.1) is 0 Å². The molecule has 0 heterocycles. The molecular weight excluding hydrogens is 196 g/mol. The van der Waals surface area contributed by atoms with Gasteiger partial charge in [0.2, 0.25) is 0 Å². The molecule has 45 valence electrons. The van der Waals surface area contributed by atoms with Gasteiger partial charge >= 0.3 is 10.1 Å². The van der Waals surface area contributed by atoms with Gasteiger partial charge in [-0.3, -0.25) is 0 Å². The van der Waals surface area contributed by atoms with Crippen LogP contribution in [0.5, 0.6) is 0 Å². The second-order valence-corrected chi connectivity index (χ2v) is 2.77. The van der Waals surface area contributed by atoms with Crippen LogP contribution in [0.1, 0.15) is 0 Å². The molecule has 0 N–H and O–H groups in total. The third-order valence-electron chi connectivity index (χ3n) is 0.316. The number of rotatable bonds is 1. The topological polar surface area (TPSA) is 54.0 Å². The largest absolute Gasteiger partial charge is 0.305 e. The molecule has 0 bridgehead atoms. The summed E-state index contributed by atoms with van der Waals surface area (Å²) in [5, 5.41) is 0. The summed E-state index contributed by atoms with van der Waals surface area (Å²) in [6.07, 6.45) is 0. The fourth-order valence-corrected chi connectivity index (χ4v) is 0.690. The van der Waals surface area contributed by atoms with E-state index in [1.54, 1.807) is 0 Å². The molecule has 0 aromatic carbocycles. The van der Waals surface area contributed by atoms with Crippen molar-refractivity contribution in [1.82, 2.24) is 0 Å². The first-order chi connectivity index (χ1) is 3.56. The minimum Gasteiger partial charge on any atom is -0.196 e. The fraction of sp³-hybridized carbons (Fsp3) is 0.333. The summed E-state index contributed by atoms with van der Waals surface area (Å²) in [6, 6.07) is 0. The Morgan fingerprint density at radius 3 is 2.12 bits per heavy atom. The molecule has 0 spiro atoms. The maximum atomic E-state index is 9.71. The van der Waals surface area contributed by atoms with E-state index < -0.39 is 15.9 Å². The molecule has 3 nitrogen and oxygen atoms in total. The van der Waals surface area contributed by atoms with Crippen molar-refractivity contribution in [1.29, 1.82) is 0 Å². The van der Waals surface area contributed by atoms with Gasteiger partial charge in [0.15, 0.2) is 0 Å². The minimum absolute atomic E-state index is 0.627. The van der Waals surface area contributed by atoms with Crippen molar-refractivity contribution in [3.63, 3.8) is 0 Å². The van der Waals surface area contributed by atoms with Crippen molar-refractivity contribution in [3.05, 3.63) is 0 Å². The first-order valence-corrected chi connectivity index (χ1v) is 3.95. The van der Waals surface area contributed by atoms with Crippen molar-refractivity contribution in [2.45, 2.75) is 0 Å². The molecule has 0 fully saturated rings. The standard InChI is InChI=1S/C3H2BrO3S/c4-2-1-3-8(5,6)7/h3H2. The molecular formula is C3H2BrO3S. The molecule has 0 rings (SSSR count). The monoisotopic (exact) mass is 197 g/mol. The molecule has 0 aromatic rings. The maximum absolute atomic E-state index is 9.71. The van der Waals surface area contributed by atoms with Gasteiger partial charge < -0.3 is 0 Å². The summed E-state index contributed by atoms with van der Waals surface area (Å²) < 4.78 is 29.1. The Bertz CT molecular complexity index is 206. The van der Waals surface area contributed by atoms with Crippen molar-refractivity contribution < 1.29 is 13.0 Å². The highest BCUT2D eigenvalue weighted by Gasteiger charge is 2.00. The van der Waals surface area contributed by atoms with Crippen molar-refractivity contribution in [2.24, 2.45) is 0 Å². The molecule has 8 heavy (non-hydrogen) atoms. The molecule has 0 saturated carbocycles. The minimum atomic E-state index is -4.14. The average molecular weight is 198 g/mol. The van der Waals surface area contributed by atoms with Crippen LogP contribution in [0.15, 0.2) is 0 Å². The van der Waals surface area contributed by atoms with E-state index in [1.807, 2.05) is 0 Å². The molecule has 0 unspecified atom stereocenters. The lowest BCUT2D eigenvalue weighted by Crippen LogP contribution is -1.98. The van der Waals surface area contributed by atoms with Crippen molar-refractivity contribution >= 4 is 26.0 Å². The summed E-state index contributed by atoms with van der Waals surface area (Å²) in [5.41, 5.74) is 0. The molecule has 5 heteroatoms. The molecule has 0 atom stereocenters. The Kier molecular flexibility index (Phi) is 3.05. The fourth-order valence-electron chi connectivity index (χ4n) is 0.116. The lowest BCUT2D eigenvalue weighted by molar-refractivity contribution is 0.418. The van der Waals surface area contributed by atoms with Gasteiger partial charge in [-0.1, -0.05) is 10.5 Å². The Labute approximate surface area is 56.0 Å². The van der Waals surface area contributed by atoms with Gasteiger partial charge in [0.25, 0.3) is 0 Å². The van der Waals surface area contributed by atoms with E-state index >= 15 is 0 Å². The Morgan fingerprint density at radius 1 is 1.50 bits per heavy atom. The Hall–Kier alpha value is -0.0500. The first kappa shape index (κ1) is 7.95. The predicted molar refractivity (Wildman–Crippen MR) is 31.2 cm³/mol. The maximum Gasteiger partial charge on any atom is 0.305 e. The van der Waals surface area contributed by atoms with Gasteiger partial charge in [-0.25, -0.2) is 0 Å². The molecule has 0 aliphatic carbocycles. The smallest absolute Gasteiger partial charge is 0.196 e. The highest BCUT2D eigenvalue weighted by atomic mass is 79.9. The number of hydrogen-bond donors (Lipinski definition) is 0. The van der Waals surface area contributed by atoms with Crippen LogP contribution < -0.4 is 0 Å². The van der Waals surface area contributed by atoms with Crippen LogP contribution in [0, 0.1) is 10.8 Å². The third kappa shape index (κ3) is 5.95. The second-order valence-electron chi connectivity index (χ2n) is 0.973. The van der Waals surface area contributed by atoms with Crippen LogP contribution >= 0.6 is 15.9 Å². The highest BCUT2D eigenvalue weighted by Crippen LogP contribution is 1.80. The summed E-state index contributed by atoms with van der Waals surface area (Å²) >= 11 is 2.64. The number of halogens is 1. The zero-order valence-corrected chi connectivity index (χ0v) is 6.12. The van der Waals surface area contributed by atoms with E-state index in [0.29, 0.717) is 0 Å². The first-order valence-electron chi connectivity index (χ1n) is 1.58. The highest BCUT2D eigenvalue weighted by molar-refractivity contribution is 9.12. The quantitative estimate of drug-likeness (QED) is 0.561. The molecule has 0 aliphatic heterocycles. The van der Waals surface area contributed by atoms with Crippen LogP contribution in [0.25, 0.3) is 0 Å². The number of hydrogen-bond acceptors (Lipinski definition) is 2. The van der Waals surface area contributed by atoms with Gasteiger partial charge in [-0.2, -0.15) is 8.42 Å². The van der Waals surface area contributed by atoms with E-state index in [0.717, 1.165) is 0 Å². The summed E-state index contributed by atoms with van der Waals surface area (Å²) in [7, 11) is -4.14.